The number of carboxylic acids is 1. The molecular formula is C23H25ClFNO4. The molecule has 0 radical (unpaired) electrons. The van der Waals surface area contributed by atoms with E-state index in [9.17, 15) is 14.3 Å². The molecule has 2 N–H and O–H groups in total. The molecule has 0 aromatic heterocycles. The summed E-state index contributed by atoms with van der Waals surface area (Å²) in [6.45, 7) is 5.44. The van der Waals surface area contributed by atoms with Gasteiger partial charge in [0, 0.05) is 17.0 Å². The van der Waals surface area contributed by atoms with Crippen LogP contribution < -0.4 is 14.8 Å². The molecule has 2 aromatic rings. The van der Waals surface area contributed by atoms with E-state index in [0.717, 1.165) is 35.6 Å². The van der Waals surface area contributed by atoms with E-state index >= 15 is 0 Å². The zero-order valence-corrected chi connectivity index (χ0v) is 17.7. The van der Waals surface area contributed by atoms with Crippen molar-refractivity contribution in [3.8, 4) is 11.5 Å². The van der Waals surface area contributed by atoms with Gasteiger partial charge in [0.15, 0.2) is 0 Å². The van der Waals surface area contributed by atoms with Gasteiger partial charge in [0.25, 0.3) is 0 Å². The molecule has 0 amide bonds. The molecule has 160 valence electrons. The van der Waals surface area contributed by atoms with Crippen LogP contribution in [0.4, 0.5) is 4.39 Å². The van der Waals surface area contributed by atoms with Gasteiger partial charge >= 0.3 is 5.97 Å². The Labute approximate surface area is 180 Å². The first-order valence-electron chi connectivity index (χ1n) is 10.1. The van der Waals surface area contributed by atoms with Crippen molar-refractivity contribution in [2.75, 3.05) is 13.2 Å². The van der Waals surface area contributed by atoms with Crippen molar-refractivity contribution in [2.24, 2.45) is 5.92 Å². The van der Waals surface area contributed by atoms with Crippen LogP contribution in [-0.2, 0) is 11.2 Å². The summed E-state index contributed by atoms with van der Waals surface area (Å²) < 4.78 is 25.2. The number of halogens is 2. The van der Waals surface area contributed by atoms with Crippen LogP contribution in [0.1, 0.15) is 37.3 Å². The molecule has 1 fully saturated rings. The Balaban J connectivity index is 1.22. The largest absolute Gasteiger partial charge is 0.494 e. The number of ether oxygens (including phenoxy) is 2. The van der Waals surface area contributed by atoms with E-state index in [1.165, 1.54) is 6.07 Å². The molecule has 3 atom stereocenters. The zero-order chi connectivity index (χ0) is 21.5. The Bertz CT molecular complexity index is 964. The molecule has 30 heavy (non-hydrogen) atoms. The SMILES string of the molecule is CC(C)(Cc1ccc(Cl)c(F)c1)NCCCOc1ccc2c(c1)C1C(O2)C1C(=O)O. The van der Waals surface area contributed by atoms with Crippen LogP contribution in [0.5, 0.6) is 11.5 Å². The maximum absolute atomic E-state index is 13.6. The third-order valence-corrected chi connectivity index (χ3v) is 5.97. The number of aliphatic carboxylic acids is 1. The van der Waals surface area contributed by atoms with Gasteiger partial charge in [-0.2, -0.15) is 0 Å². The summed E-state index contributed by atoms with van der Waals surface area (Å²) in [6, 6.07) is 10.5. The number of benzene rings is 2. The van der Waals surface area contributed by atoms with Crippen LogP contribution in [0.15, 0.2) is 36.4 Å². The van der Waals surface area contributed by atoms with E-state index in [2.05, 4.69) is 19.2 Å². The fourth-order valence-corrected chi connectivity index (χ4v) is 4.25. The van der Waals surface area contributed by atoms with E-state index in [1.54, 1.807) is 6.07 Å². The minimum Gasteiger partial charge on any atom is -0.494 e. The van der Waals surface area contributed by atoms with Crippen molar-refractivity contribution in [1.82, 2.24) is 5.32 Å². The lowest BCUT2D eigenvalue weighted by atomic mass is 9.95. The molecule has 1 heterocycles. The Morgan fingerprint density at radius 3 is 2.83 bits per heavy atom. The second-order valence-corrected chi connectivity index (χ2v) is 9.02. The van der Waals surface area contributed by atoms with Crippen molar-refractivity contribution in [3.63, 3.8) is 0 Å². The summed E-state index contributed by atoms with van der Waals surface area (Å²) in [4.78, 5) is 11.2. The third kappa shape index (κ3) is 4.40. The van der Waals surface area contributed by atoms with Gasteiger partial charge in [-0.25, -0.2) is 4.39 Å². The van der Waals surface area contributed by atoms with E-state index in [4.69, 9.17) is 21.1 Å². The lowest BCUT2D eigenvalue weighted by Gasteiger charge is -2.26. The Morgan fingerprint density at radius 2 is 2.10 bits per heavy atom. The van der Waals surface area contributed by atoms with Crippen LogP contribution in [0.3, 0.4) is 0 Å². The van der Waals surface area contributed by atoms with E-state index in [0.29, 0.717) is 13.0 Å². The zero-order valence-electron chi connectivity index (χ0n) is 17.0. The van der Waals surface area contributed by atoms with Crippen molar-refractivity contribution in [1.29, 1.82) is 0 Å². The van der Waals surface area contributed by atoms with Crippen molar-refractivity contribution < 1.29 is 23.8 Å². The van der Waals surface area contributed by atoms with Gasteiger partial charge in [-0.15, -0.1) is 0 Å². The third-order valence-electron chi connectivity index (χ3n) is 5.67. The molecule has 2 aromatic carbocycles. The summed E-state index contributed by atoms with van der Waals surface area (Å²) in [5.74, 6) is -0.210. The van der Waals surface area contributed by atoms with Crippen molar-refractivity contribution in [2.45, 2.75) is 44.2 Å². The number of carboxylic acid groups (broad SMARTS) is 1. The topological polar surface area (TPSA) is 67.8 Å². The Hall–Kier alpha value is -2.31. The van der Waals surface area contributed by atoms with E-state index in [1.807, 2.05) is 24.3 Å². The standard InChI is InChI=1S/C23H25ClFNO4/c1-23(2,12-13-4-6-16(24)17(25)10-13)26-8-3-9-29-14-5-7-18-15(11-14)19-20(22(27)28)21(19)30-18/h4-7,10-11,19-21,26H,3,8-9,12H2,1-2H3,(H,27,28). The molecule has 7 heteroatoms. The normalized spacial score (nSPS) is 21.5. The lowest BCUT2D eigenvalue weighted by Crippen LogP contribution is -2.42. The van der Waals surface area contributed by atoms with Crippen LogP contribution in [0.25, 0.3) is 0 Å². The van der Waals surface area contributed by atoms with Gasteiger partial charge in [0.2, 0.25) is 0 Å². The van der Waals surface area contributed by atoms with Crippen molar-refractivity contribution >= 4 is 17.6 Å². The van der Waals surface area contributed by atoms with Gasteiger partial charge in [-0.1, -0.05) is 17.7 Å². The van der Waals surface area contributed by atoms with Crippen LogP contribution in [0.2, 0.25) is 5.02 Å². The Morgan fingerprint density at radius 1 is 1.30 bits per heavy atom. The first-order chi connectivity index (χ1) is 14.2. The monoisotopic (exact) mass is 433 g/mol. The fraction of sp³-hybridized carbons (Fsp3) is 0.435. The summed E-state index contributed by atoms with van der Waals surface area (Å²) in [5, 5.41) is 12.8. The highest BCUT2D eigenvalue weighted by Gasteiger charge is 2.63. The van der Waals surface area contributed by atoms with Crippen molar-refractivity contribution in [3.05, 3.63) is 58.4 Å². The Kier molecular flexibility index (Phi) is 5.64. The molecule has 1 aliphatic carbocycles. The highest BCUT2D eigenvalue weighted by atomic mass is 35.5. The first-order valence-corrected chi connectivity index (χ1v) is 10.5. The summed E-state index contributed by atoms with van der Waals surface area (Å²) in [5.41, 5.74) is 1.63. The second-order valence-electron chi connectivity index (χ2n) is 8.61. The van der Waals surface area contributed by atoms with Gasteiger partial charge in [-0.3, -0.25) is 4.79 Å². The number of fused-ring (bicyclic) bond motifs is 3. The van der Waals surface area contributed by atoms with Gasteiger partial charge in [0.1, 0.15) is 29.3 Å². The molecule has 0 bridgehead atoms. The van der Waals surface area contributed by atoms with Gasteiger partial charge in [0.05, 0.1) is 11.6 Å². The number of rotatable bonds is 9. The summed E-state index contributed by atoms with van der Waals surface area (Å²) >= 11 is 5.75. The molecule has 0 spiro atoms. The maximum atomic E-state index is 13.6. The van der Waals surface area contributed by atoms with Crippen LogP contribution >= 0.6 is 11.6 Å². The molecule has 1 saturated carbocycles. The van der Waals surface area contributed by atoms with Gasteiger partial charge in [-0.05, 0) is 69.1 Å². The quantitative estimate of drug-likeness (QED) is 0.573. The fourth-order valence-electron chi connectivity index (χ4n) is 4.14. The molecule has 0 saturated heterocycles. The molecule has 2 aliphatic rings. The molecule has 5 nitrogen and oxygen atoms in total. The first kappa shape index (κ1) is 20.9. The highest BCUT2D eigenvalue weighted by Crippen LogP contribution is 2.58. The minimum atomic E-state index is -0.808. The van der Waals surface area contributed by atoms with Crippen LogP contribution in [0, 0.1) is 11.7 Å². The maximum Gasteiger partial charge on any atom is 0.311 e. The average molecular weight is 434 g/mol. The number of carbonyl (C=O) groups is 1. The summed E-state index contributed by atoms with van der Waals surface area (Å²) in [7, 11) is 0. The predicted octanol–water partition coefficient (Wildman–Crippen LogP) is 4.42. The molecule has 1 aliphatic heterocycles. The number of hydrogen-bond acceptors (Lipinski definition) is 4. The minimum absolute atomic E-state index is 0.0544. The molecular weight excluding hydrogens is 409 g/mol. The highest BCUT2D eigenvalue weighted by molar-refractivity contribution is 6.30. The number of nitrogens with one attached hydrogen (secondary N) is 1. The van der Waals surface area contributed by atoms with E-state index in [-0.39, 0.29) is 22.6 Å². The predicted molar refractivity (Wildman–Crippen MR) is 112 cm³/mol. The van der Waals surface area contributed by atoms with Gasteiger partial charge < -0.3 is 19.9 Å². The smallest absolute Gasteiger partial charge is 0.311 e. The average Bonchev–Trinajstić information content (AvgIpc) is 3.28. The molecule has 4 rings (SSSR count). The van der Waals surface area contributed by atoms with Crippen LogP contribution in [-0.4, -0.2) is 35.9 Å². The second kappa shape index (κ2) is 8.08. The molecule has 3 unspecified atom stereocenters. The van der Waals surface area contributed by atoms with E-state index < -0.39 is 17.7 Å². The number of hydrogen-bond donors (Lipinski definition) is 2. The summed E-state index contributed by atoms with van der Waals surface area (Å²) in [6.07, 6.45) is 1.25. The lowest BCUT2D eigenvalue weighted by molar-refractivity contribution is -0.139.